The number of aliphatic hydroxyl groups excluding tert-OH is 1. The minimum Gasteiger partial charge on any atom is -0.389 e. The number of alkyl halides is 2. The van der Waals surface area contributed by atoms with E-state index in [1.54, 1.807) is 12.1 Å². The van der Waals surface area contributed by atoms with Crippen LogP contribution in [0.15, 0.2) is 36.5 Å². The number of carbonyl (C=O) groups is 1. The highest BCUT2D eigenvalue weighted by atomic mass is 35.5. The van der Waals surface area contributed by atoms with Crippen LogP contribution in [0.4, 0.5) is 14.5 Å². The van der Waals surface area contributed by atoms with Gasteiger partial charge in [0.1, 0.15) is 0 Å². The van der Waals surface area contributed by atoms with Crippen molar-refractivity contribution >= 4 is 23.2 Å². The number of hydrogen-bond donors (Lipinski definition) is 1. The minimum absolute atomic E-state index is 0.0375. The molecule has 2 heterocycles. The molecule has 0 unspecified atom stereocenters. The van der Waals surface area contributed by atoms with Crippen molar-refractivity contribution in [1.29, 1.82) is 0 Å². The number of nitrogens with zero attached hydrogens (tertiary/aromatic N) is 2. The van der Waals surface area contributed by atoms with Crippen molar-refractivity contribution in [3.05, 3.63) is 58.4 Å². The number of rotatable bonds is 3. The van der Waals surface area contributed by atoms with Gasteiger partial charge in [0.15, 0.2) is 0 Å². The molecule has 0 aliphatic carbocycles. The lowest BCUT2D eigenvalue weighted by Gasteiger charge is -2.17. The average molecular weight is 339 g/mol. The number of carbonyl (C=O) groups excluding carboxylic acids is 1. The maximum absolute atomic E-state index is 14.4. The second-order valence-electron chi connectivity index (χ2n) is 5.31. The zero-order valence-electron chi connectivity index (χ0n) is 12.1. The quantitative estimate of drug-likeness (QED) is 0.933. The van der Waals surface area contributed by atoms with Gasteiger partial charge in [0.2, 0.25) is 0 Å². The van der Waals surface area contributed by atoms with E-state index in [9.17, 15) is 18.7 Å². The fourth-order valence-corrected chi connectivity index (χ4v) is 2.88. The molecule has 1 aromatic heterocycles. The number of halogens is 3. The van der Waals surface area contributed by atoms with Gasteiger partial charge < -0.3 is 10.0 Å². The lowest BCUT2D eigenvalue weighted by Crippen LogP contribution is -2.34. The first-order valence-electron chi connectivity index (χ1n) is 6.94. The Kier molecular flexibility index (Phi) is 3.82. The molecular weight excluding hydrogens is 326 g/mol. The highest BCUT2D eigenvalue weighted by Gasteiger charge is 2.54. The van der Waals surface area contributed by atoms with E-state index in [0.29, 0.717) is 10.7 Å². The molecule has 23 heavy (non-hydrogen) atoms. The van der Waals surface area contributed by atoms with Crippen LogP contribution in [0.25, 0.3) is 0 Å². The second kappa shape index (κ2) is 5.54. The van der Waals surface area contributed by atoms with Crippen LogP contribution < -0.4 is 4.90 Å². The summed E-state index contributed by atoms with van der Waals surface area (Å²) in [5.41, 5.74) is -0.0174. The van der Waals surface area contributed by atoms with Gasteiger partial charge in [-0.15, -0.1) is 0 Å². The summed E-state index contributed by atoms with van der Waals surface area (Å²) in [6, 6.07) is 7.54. The predicted octanol–water partition coefficient (Wildman–Crippen LogP) is 3.43. The maximum Gasteiger partial charge on any atom is 0.352 e. The van der Waals surface area contributed by atoms with E-state index < -0.39 is 23.5 Å². The molecule has 1 aliphatic rings. The number of pyridine rings is 1. The van der Waals surface area contributed by atoms with Crippen LogP contribution in [0, 0.1) is 0 Å². The van der Waals surface area contributed by atoms with Crippen LogP contribution in [-0.2, 0) is 17.3 Å². The van der Waals surface area contributed by atoms with E-state index in [4.69, 9.17) is 11.6 Å². The van der Waals surface area contributed by atoms with Gasteiger partial charge in [-0.3, -0.25) is 9.78 Å². The van der Waals surface area contributed by atoms with Crippen LogP contribution in [0.5, 0.6) is 0 Å². The number of anilines is 1. The Labute approximate surface area is 136 Å². The number of hydrogen-bond acceptors (Lipinski definition) is 3. The van der Waals surface area contributed by atoms with Crippen LogP contribution in [-0.4, -0.2) is 16.0 Å². The normalized spacial score (nSPS) is 17.3. The van der Waals surface area contributed by atoms with E-state index in [0.717, 1.165) is 4.90 Å². The Morgan fingerprint density at radius 1 is 1.35 bits per heavy atom. The van der Waals surface area contributed by atoms with E-state index in [-0.39, 0.29) is 17.8 Å². The third kappa shape index (κ3) is 2.48. The SMILES string of the molecule is C[C@H](O)c1cccc2c1C(F)(F)C(=O)N2Cc1ncccc1Cl. The van der Waals surface area contributed by atoms with Crippen molar-refractivity contribution in [2.24, 2.45) is 0 Å². The Morgan fingerprint density at radius 2 is 2.09 bits per heavy atom. The molecule has 4 nitrogen and oxygen atoms in total. The fourth-order valence-electron chi connectivity index (χ4n) is 2.70. The molecule has 3 rings (SSSR count). The van der Waals surface area contributed by atoms with Crippen molar-refractivity contribution in [1.82, 2.24) is 4.98 Å². The van der Waals surface area contributed by atoms with E-state index in [1.165, 1.54) is 31.3 Å². The topological polar surface area (TPSA) is 53.4 Å². The van der Waals surface area contributed by atoms with Gasteiger partial charge in [-0.25, -0.2) is 0 Å². The molecule has 0 bridgehead atoms. The Hall–Kier alpha value is -2.05. The summed E-state index contributed by atoms with van der Waals surface area (Å²) in [7, 11) is 0. The Balaban J connectivity index is 2.11. The van der Waals surface area contributed by atoms with Crippen LogP contribution >= 0.6 is 11.6 Å². The maximum atomic E-state index is 14.4. The van der Waals surface area contributed by atoms with Gasteiger partial charge in [0.05, 0.1) is 34.6 Å². The third-order valence-electron chi connectivity index (χ3n) is 3.79. The molecule has 0 fully saturated rings. The standard InChI is InChI=1S/C16H13ClF2N2O2/c1-9(22)10-4-2-6-13-14(10)16(18,19)15(23)21(13)8-12-11(17)5-3-7-20-12/h2-7,9,22H,8H2,1H3/t9-/m0/s1. The van der Waals surface area contributed by atoms with Gasteiger partial charge >= 0.3 is 11.8 Å². The van der Waals surface area contributed by atoms with Crippen molar-refractivity contribution in [2.75, 3.05) is 4.90 Å². The summed E-state index contributed by atoms with van der Waals surface area (Å²) in [4.78, 5) is 17.2. The molecule has 2 aromatic rings. The van der Waals surface area contributed by atoms with E-state index >= 15 is 0 Å². The Morgan fingerprint density at radius 3 is 2.74 bits per heavy atom. The predicted molar refractivity (Wildman–Crippen MR) is 81.4 cm³/mol. The van der Waals surface area contributed by atoms with Gasteiger partial charge in [-0.1, -0.05) is 23.7 Å². The van der Waals surface area contributed by atoms with Gasteiger partial charge in [0.25, 0.3) is 0 Å². The minimum atomic E-state index is -3.69. The summed E-state index contributed by atoms with van der Waals surface area (Å²) in [6.07, 6.45) is 0.370. The van der Waals surface area contributed by atoms with E-state index in [2.05, 4.69) is 4.98 Å². The summed E-state index contributed by atoms with van der Waals surface area (Å²) < 4.78 is 28.9. The molecule has 120 valence electrons. The number of aromatic nitrogens is 1. The fraction of sp³-hybridized carbons (Fsp3) is 0.250. The van der Waals surface area contributed by atoms with Gasteiger partial charge in [0, 0.05) is 6.20 Å². The molecule has 1 atom stereocenters. The van der Waals surface area contributed by atoms with Crippen LogP contribution in [0.2, 0.25) is 5.02 Å². The van der Waals surface area contributed by atoms with Crippen LogP contribution in [0.3, 0.4) is 0 Å². The third-order valence-corrected chi connectivity index (χ3v) is 4.13. The summed E-state index contributed by atoms with van der Waals surface area (Å²) in [5.74, 6) is -5.04. The summed E-state index contributed by atoms with van der Waals surface area (Å²) >= 11 is 6.00. The molecule has 7 heteroatoms. The molecule has 1 amide bonds. The number of aliphatic hydroxyl groups is 1. The lowest BCUT2D eigenvalue weighted by molar-refractivity contribution is -0.141. The molecular formula is C16H13ClF2N2O2. The van der Waals surface area contributed by atoms with Gasteiger partial charge in [-0.05, 0) is 30.7 Å². The Bertz CT molecular complexity index is 780. The highest BCUT2D eigenvalue weighted by molar-refractivity contribution is 6.31. The average Bonchev–Trinajstić information content (AvgIpc) is 2.70. The van der Waals surface area contributed by atoms with E-state index in [1.807, 2.05) is 0 Å². The number of benzene rings is 1. The molecule has 0 saturated heterocycles. The molecule has 0 saturated carbocycles. The largest absolute Gasteiger partial charge is 0.389 e. The lowest BCUT2D eigenvalue weighted by atomic mass is 9.98. The smallest absolute Gasteiger partial charge is 0.352 e. The number of fused-ring (bicyclic) bond motifs is 1. The van der Waals surface area contributed by atoms with Crippen LogP contribution in [0.1, 0.15) is 29.8 Å². The molecule has 1 aliphatic heterocycles. The van der Waals surface area contributed by atoms with Gasteiger partial charge in [-0.2, -0.15) is 8.78 Å². The first-order chi connectivity index (χ1) is 10.8. The monoisotopic (exact) mass is 338 g/mol. The summed E-state index contributed by atoms with van der Waals surface area (Å²) in [5, 5.41) is 10.0. The highest BCUT2D eigenvalue weighted by Crippen LogP contribution is 2.47. The second-order valence-corrected chi connectivity index (χ2v) is 5.72. The molecule has 0 radical (unpaired) electrons. The summed E-state index contributed by atoms with van der Waals surface area (Å²) in [6.45, 7) is 1.22. The van der Waals surface area contributed by atoms with Crippen molar-refractivity contribution in [3.8, 4) is 0 Å². The molecule has 1 aromatic carbocycles. The van der Waals surface area contributed by atoms with Crippen molar-refractivity contribution in [3.63, 3.8) is 0 Å². The first-order valence-corrected chi connectivity index (χ1v) is 7.32. The zero-order chi connectivity index (χ0) is 16.8. The van der Waals surface area contributed by atoms with Crippen molar-refractivity contribution in [2.45, 2.75) is 25.5 Å². The number of amides is 1. The molecule has 0 spiro atoms. The zero-order valence-corrected chi connectivity index (χ0v) is 12.9. The first kappa shape index (κ1) is 15.8. The molecule has 1 N–H and O–H groups in total. The van der Waals surface area contributed by atoms with Crippen molar-refractivity contribution < 1.29 is 18.7 Å².